The summed E-state index contributed by atoms with van der Waals surface area (Å²) in [7, 11) is 1.64. The van der Waals surface area contributed by atoms with Gasteiger partial charge in [0.15, 0.2) is 0 Å². The summed E-state index contributed by atoms with van der Waals surface area (Å²) >= 11 is 3.47. The Balaban J connectivity index is 1.53. The van der Waals surface area contributed by atoms with E-state index in [4.69, 9.17) is 9.47 Å². The molecule has 1 saturated heterocycles. The van der Waals surface area contributed by atoms with Crippen molar-refractivity contribution in [2.75, 3.05) is 13.7 Å². The van der Waals surface area contributed by atoms with E-state index in [1.165, 1.54) is 10.5 Å². The van der Waals surface area contributed by atoms with Crippen molar-refractivity contribution in [1.82, 2.24) is 4.90 Å². The molecule has 1 fully saturated rings. The van der Waals surface area contributed by atoms with Crippen LogP contribution in [0.4, 0.5) is 4.79 Å². The molecule has 0 bridgehead atoms. The highest BCUT2D eigenvalue weighted by molar-refractivity contribution is 9.10. The normalized spacial score (nSPS) is 17.3. The average Bonchev–Trinajstić information content (AvgIpc) is 3.08. The Hall–Kier alpha value is -2.34. The Morgan fingerprint density at radius 3 is 2.57 bits per heavy atom. The number of nitrogens with zero attached hydrogens (tertiary/aromatic N) is 1. The van der Waals surface area contributed by atoms with E-state index in [9.17, 15) is 9.59 Å². The lowest BCUT2D eigenvalue weighted by Gasteiger charge is -2.22. The monoisotopic (exact) mass is 445 g/mol. The second kappa shape index (κ2) is 9.73. The number of benzene rings is 2. The number of hydrogen-bond donors (Lipinski definition) is 0. The number of amides is 2. The van der Waals surface area contributed by atoms with Gasteiger partial charge in [0.1, 0.15) is 12.4 Å². The van der Waals surface area contributed by atoms with Crippen LogP contribution in [0.25, 0.3) is 0 Å². The highest BCUT2D eigenvalue weighted by Gasteiger charge is 2.39. The molecule has 0 saturated carbocycles. The van der Waals surface area contributed by atoms with Gasteiger partial charge in [-0.2, -0.15) is 0 Å². The van der Waals surface area contributed by atoms with Gasteiger partial charge in [0.05, 0.1) is 18.0 Å². The Morgan fingerprint density at radius 2 is 1.89 bits per heavy atom. The van der Waals surface area contributed by atoms with Crippen LogP contribution in [0.2, 0.25) is 0 Å². The molecule has 5 nitrogen and oxygen atoms in total. The molecular formula is C22H24BrNO4. The van der Waals surface area contributed by atoms with Gasteiger partial charge in [-0.1, -0.05) is 58.4 Å². The zero-order chi connectivity index (χ0) is 19.9. The summed E-state index contributed by atoms with van der Waals surface area (Å²) in [6.07, 6.45) is 2.39. The summed E-state index contributed by atoms with van der Waals surface area (Å²) in [5.41, 5.74) is 2.27. The number of cyclic esters (lactones) is 1. The predicted octanol–water partition coefficient (Wildman–Crippen LogP) is 4.37. The standard InChI is InChI=1S/C22H24BrNO4/c1-27-19-12-10-16(11-13-19)8-5-9-20(23)21(25)24-18(15-28-22(24)26)14-17-6-3-2-4-7-17/h2-4,6-7,10-13,18,20H,5,8-9,14-15H2,1H3/t18-,20-/m1/s1. The van der Waals surface area contributed by atoms with Crippen LogP contribution >= 0.6 is 15.9 Å². The minimum Gasteiger partial charge on any atom is -0.497 e. The van der Waals surface area contributed by atoms with Crippen LogP contribution in [0.15, 0.2) is 54.6 Å². The fourth-order valence-corrected chi connectivity index (χ4v) is 3.86. The molecule has 3 rings (SSSR count). The Kier molecular flexibility index (Phi) is 7.09. The van der Waals surface area contributed by atoms with Gasteiger partial charge < -0.3 is 9.47 Å². The molecule has 148 valence electrons. The van der Waals surface area contributed by atoms with E-state index < -0.39 is 10.9 Å². The van der Waals surface area contributed by atoms with Crippen molar-refractivity contribution in [1.29, 1.82) is 0 Å². The molecule has 1 heterocycles. The highest BCUT2D eigenvalue weighted by Crippen LogP contribution is 2.23. The number of alkyl halides is 1. The first-order valence-corrected chi connectivity index (χ1v) is 10.3. The minimum atomic E-state index is -0.550. The molecule has 0 aliphatic carbocycles. The van der Waals surface area contributed by atoms with Crippen LogP contribution in [0.3, 0.4) is 0 Å². The molecule has 2 atom stereocenters. The maximum Gasteiger partial charge on any atom is 0.417 e. The number of methoxy groups -OCH3 is 1. The van der Waals surface area contributed by atoms with Crippen LogP contribution < -0.4 is 4.74 Å². The smallest absolute Gasteiger partial charge is 0.417 e. The van der Waals surface area contributed by atoms with Gasteiger partial charge in [-0.15, -0.1) is 0 Å². The zero-order valence-electron chi connectivity index (χ0n) is 15.8. The van der Waals surface area contributed by atoms with Crippen LogP contribution in [0.1, 0.15) is 24.0 Å². The van der Waals surface area contributed by atoms with Gasteiger partial charge in [-0.05, 0) is 48.9 Å². The van der Waals surface area contributed by atoms with Crippen molar-refractivity contribution in [3.63, 3.8) is 0 Å². The number of imide groups is 1. The lowest BCUT2D eigenvalue weighted by atomic mass is 10.0. The summed E-state index contributed by atoms with van der Waals surface area (Å²) in [5.74, 6) is 0.604. The number of carbonyl (C=O) groups excluding carboxylic acids is 2. The van der Waals surface area contributed by atoms with Crippen LogP contribution in [0, 0.1) is 0 Å². The lowest BCUT2D eigenvalue weighted by molar-refractivity contribution is -0.128. The van der Waals surface area contributed by atoms with E-state index >= 15 is 0 Å². The minimum absolute atomic E-state index is 0.224. The van der Waals surface area contributed by atoms with Gasteiger partial charge in [-0.25, -0.2) is 9.69 Å². The number of aryl methyl sites for hydroxylation is 1. The maximum atomic E-state index is 12.8. The van der Waals surface area contributed by atoms with Crippen molar-refractivity contribution in [2.24, 2.45) is 0 Å². The van der Waals surface area contributed by atoms with Crippen LogP contribution in [-0.2, 0) is 22.4 Å². The molecule has 1 aliphatic heterocycles. The number of rotatable bonds is 8. The summed E-state index contributed by atoms with van der Waals surface area (Å²) in [6, 6.07) is 17.5. The van der Waals surface area contributed by atoms with Crippen molar-refractivity contribution in [3.05, 3.63) is 65.7 Å². The molecule has 0 radical (unpaired) electrons. The molecule has 0 N–H and O–H groups in total. The second-order valence-electron chi connectivity index (χ2n) is 6.84. The number of carbonyl (C=O) groups is 2. The molecule has 28 heavy (non-hydrogen) atoms. The van der Waals surface area contributed by atoms with Crippen LogP contribution in [-0.4, -0.2) is 41.5 Å². The van der Waals surface area contributed by atoms with Crippen LogP contribution in [0.5, 0.6) is 5.75 Å². The van der Waals surface area contributed by atoms with Crippen molar-refractivity contribution >= 4 is 27.9 Å². The van der Waals surface area contributed by atoms with Crippen molar-refractivity contribution < 1.29 is 19.1 Å². The average molecular weight is 446 g/mol. The first-order valence-electron chi connectivity index (χ1n) is 9.39. The van der Waals surface area contributed by atoms with E-state index in [-0.39, 0.29) is 18.6 Å². The third-order valence-electron chi connectivity index (χ3n) is 4.86. The Morgan fingerprint density at radius 1 is 1.18 bits per heavy atom. The molecular weight excluding hydrogens is 422 g/mol. The third kappa shape index (κ3) is 5.13. The van der Waals surface area contributed by atoms with E-state index in [2.05, 4.69) is 15.9 Å². The Bertz CT molecular complexity index is 794. The molecule has 0 spiro atoms. The quantitative estimate of drug-likeness (QED) is 0.566. The molecule has 0 aromatic heterocycles. The first kappa shape index (κ1) is 20.4. The largest absolute Gasteiger partial charge is 0.497 e. The topological polar surface area (TPSA) is 55.8 Å². The molecule has 0 unspecified atom stereocenters. The van der Waals surface area contributed by atoms with Gasteiger partial charge in [0.25, 0.3) is 0 Å². The van der Waals surface area contributed by atoms with E-state index in [1.807, 2.05) is 54.6 Å². The SMILES string of the molecule is COc1ccc(CCC[C@@H](Br)C(=O)N2C(=O)OC[C@H]2Cc2ccccc2)cc1. The van der Waals surface area contributed by atoms with Crippen molar-refractivity contribution in [3.8, 4) is 5.75 Å². The maximum absolute atomic E-state index is 12.8. The first-order chi connectivity index (χ1) is 13.6. The molecule has 2 amide bonds. The van der Waals surface area contributed by atoms with Crippen molar-refractivity contribution in [2.45, 2.75) is 36.6 Å². The number of hydrogen-bond acceptors (Lipinski definition) is 4. The summed E-state index contributed by atoms with van der Waals surface area (Å²) in [4.78, 5) is 25.8. The van der Waals surface area contributed by atoms with Gasteiger partial charge in [-0.3, -0.25) is 4.79 Å². The summed E-state index contributed by atoms with van der Waals surface area (Å²) in [6.45, 7) is 0.241. The Labute approximate surface area is 173 Å². The third-order valence-corrected chi connectivity index (χ3v) is 5.71. The second-order valence-corrected chi connectivity index (χ2v) is 7.94. The number of ether oxygens (including phenoxy) is 2. The predicted molar refractivity (Wildman–Crippen MR) is 111 cm³/mol. The zero-order valence-corrected chi connectivity index (χ0v) is 17.4. The van der Waals surface area contributed by atoms with Gasteiger partial charge in [0, 0.05) is 0 Å². The molecule has 2 aromatic carbocycles. The molecule has 2 aromatic rings. The number of halogens is 1. The summed E-state index contributed by atoms with van der Waals surface area (Å²) < 4.78 is 10.3. The van der Waals surface area contributed by atoms with E-state index in [1.54, 1.807) is 7.11 Å². The fourth-order valence-electron chi connectivity index (χ4n) is 3.32. The highest BCUT2D eigenvalue weighted by atomic mass is 79.9. The van der Waals surface area contributed by atoms with E-state index in [0.717, 1.165) is 24.2 Å². The molecule has 1 aliphatic rings. The fraction of sp³-hybridized carbons (Fsp3) is 0.364. The van der Waals surface area contributed by atoms with Gasteiger partial charge in [0.2, 0.25) is 5.91 Å². The summed E-state index contributed by atoms with van der Waals surface area (Å²) in [5, 5.41) is 0. The van der Waals surface area contributed by atoms with Gasteiger partial charge >= 0.3 is 6.09 Å². The molecule has 6 heteroatoms. The lowest BCUT2D eigenvalue weighted by Crippen LogP contribution is -2.44. The van der Waals surface area contributed by atoms with E-state index in [0.29, 0.717) is 12.8 Å².